The first-order valence-corrected chi connectivity index (χ1v) is 9.20. The molecule has 12 heteroatoms. The van der Waals surface area contributed by atoms with E-state index in [1.54, 1.807) is 0 Å². The average molecular weight is 447 g/mol. The smallest absolute Gasteiger partial charge is 0.350 e. The van der Waals surface area contributed by atoms with Crippen LogP contribution in [0.1, 0.15) is 12.8 Å². The Hall–Kier alpha value is -4.09. The van der Waals surface area contributed by atoms with Crippen molar-refractivity contribution in [3.63, 3.8) is 0 Å². The topological polar surface area (TPSA) is 123 Å². The van der Waals surface area contributed by atoms with E-state index in [9.17, 15) is 23.7 Å². The van der Waals surface area contributed by atoms with Crippen LogP contribution in [0.3, 0.4) is 0 Å². The molecule has 32 heavy (non-hydrogen) atoms. The summed E-state index contributed by atoms with van der Waals surface area (Å²) < 4.78 is 49.8. The molecule has 3 aromatic rings. The number of non-ortho nitro benzene ring substituents is 1. The molecule has 1 aromatic carbocycles. The number of esters is 1. The Bertz CT molecular complexity index is 1220. The lowest BCUT2D eigenvalue weighted by Crippen LogP contribution is -2.31. The molecular formula is C20H15F2N3O7. The number of halogens is 2. The zero-order chi connectivity index (χ0) is 23.0. The van der Waals surface area contributed by atoms with Gasteiger partial charge < -0.3 is 18.9 Å². The van der Waals surface area contributed by atoms with Crippen molar-refractivity contribution in [2.75, 3.05) is 14.2 Å². The molecule has 0 radical (unpaired) electrons. The van der Waals surface area contributed by atoms with Gasteiger partial charge in [-0.2, -0.15) is 0 Å². The molecule has 1 saturated carbocycles. The van der Waals surface area contributed by atoms with Crippen LogP contribution in [-0.4, -0.2) is 40.7 Å². The number of rotatable bonds is 7. The summed E-state index contributed by atoms with van der Waals surface area (Å²) >= 11 is 0. The molecule has 0 bridgehead atoms. The maximum absolute atomic E-state index is 14.3. The normalized spacial score (nSPS) is 14.0. The number of nitro benzene ring substituents is 1. The third-order valence-electron chi connectivity index (χ3n) is 4.79. The highest BCUT2D eigenvalue weighted by Crippen LogP contribution is 2.44. The molecule has 1 aliphatic carbocycles. The van der Waals surface area contributed by atoms with Crippen molar-refractivity contribution >= 4 is 22.7 Å². The largest absolute Gasteiger partial charge is 0.491 e. The Kier molecular flexibility index (Phi) is 5.20. The molecule has 0 amide bonds. The molecule has 2 aromatic heterocycles. The second-order valence-corrected chi connectivity index (χ2v) is 6.86. The van der Waals surface area contributed by atoms with Crippen molar-refractivity contribution in [1.29, 1.82) is 0 Å². The molecule has 166 valence electrons. The number of hydrogen-bond acceptors (Lipinski definition) is 9. The van der Waals surface area contributed by atoms with Crippen molar-refractivity contribution in [1.82, 2.24) is 9.97 Å². The van der Waals surface area contributed by atoms with Gasteiger partial charge in [-0.05, 0) is 0 Å². The van der Waals surface area contributed by atoms with Gasteiger partial charge in [0.25, 0.3) is 11.6 Å². The van der Waals surface area contributed by atoms with Crippen LogP contribution in [0.15, 0.2) is 30.5 Å². The fourth-order valence-electron chi connectivity index (χ4n) is 3.01. The van der Waals surface area contributed by atoms with Crippen LogP contribution in [0.5, 0.6) is 23.1 Å². The lowest BCUT2D eigenvalue weighted by Gasteiger charge is -2.17. The number of benzene rings is 1. The van der Waals surface area contributed by atoms with E-state index in [0.29, 0.717) is 25.0 Å². The number of ether oxygens (including phenoxy) is 4. The van der Waals surface area contributed by atoms with Gasteiger partial charge >= 0.3 is 5.97 Å². The average Bonchev–Trinajstić information content (AvgIpc) is 3.55. The molecule has 4 rings (SSSR count). The third-order valence-corrected chi connectivity index (χ3v) is 4.79. The minimum atomic E-state index is -1.27. The SMILES string of the molecule is COC(=O)C1(Oc2nc3c(Oc4c(F)cc([N+](=O)[O-])cc4F)ccnc3cc2OC)CC1. The number of fused-ring (bicyclic) bond motifs is 1. The molecule has 0 N–H and O–H groups in total. The number of carbonyl (C=O) groups excluding carboxylic acids is 1. The van der Waals surface area contributed by atoms with Crippen LogP contribution in [0, 0.1) is 21.7 Å². The standard InChI is InChI=1S/C20H15F2N3O7/c1-29-15-9-13-16(24-18(15)32-20(4-5-20)19(26)30-2)14(3-6-23-13)31-17-11(21)7-10(25(27)28)8-12(17)22/h3,6-9H,4-5H2,1-2H3. The van der Waals surface area contributed by atoms with E-state index >= 15 is 0 Å². The van der Waals surface area contributed by atoms with E-state index in [2.05, 4.69) is 9.97 Å². The minimum Gasteiger partial charge on any atom is -0.491 e. The van der Waals surface area contributed by atoms with Crippen molar-refractivity contribution in [3.8, 4) is 23.1 Å². The molecule has 0 atom stereocenters. The summed E-state index contributed by atoms with van der Waals surface area (Å²) in [5, 5.41) is 10.8. The van der Waals surface area contributed by atoms with Crippen LogP contribution in [-0.2, 0) is 9.53 Å². The van der Waals surface area contributed by atoms with Gasteiger partial charge in [-0.15, -0.1) is 0 Å². The summed E-state index contributed by atoms with van der Waals surface area (Å²) in [5.41, 5.74) is -1.65. The van der Waals surface area contributed by atoms with Gasteiger partial charge in [-0.25, -0.2) is 18.6 Å². The number of aromatic nitrogens is 2. The van der Waals surface area contributed by atoms with Crippen molar-refractivity contribution in [3.05, 3.63) is 52.2 Å². The maximum Gasteiger partial charge on any atom is 0.350 e. The predicted molar refractivity (Wildman–Crippen MR) is 104 cm³/mol. The Morgan fingerprint density at radius 2 is 1.84 bits per heavy atom. The second-order valence-electron chi connectivity index (χ2n) is 6.86. The van der Waals surface area contributed by atoms with Crippen LogP contribution in [0.4, 0.5) is 14.5 Å². The highest BCUT2D eigenvalue weighted by molar-refractivity contribution is 5.85. The Balaban J connectivity index is 1.77. The van der Waals surface area contributed by atoms with Gasteiger partial charge in [-0.3, -0.25) is 15.1 Å². The third kappa shape index (κ3) is 3.70. The van der Waals surface area contributed by atoms with Gasteiger partial charge in [0.15, 0.2) is 28.9 Å². The Labute approximate surface area is 178 Å². The van der Waals surface area contributed by atoms with E-state index < -0.39 is 39.6 Å². The first kappa shape index (κ1) is 21.2. The number of carbonyl (C=O) groups is 1. The summed E-state index contributed by atoms with van der Waals surface area (Å²) in [7, 11) is 2.61. The Morgan fingerprint density at radius 3 is 2.41 bits per heavy atom. The van der Waals surface area contributed by atoms with Crippen molar-refractivity contribution in [2.24, 2.45) is 0 Å². The van der Waals surface area contributed by atoms with E-state index in [1.807, 2.05) is 0 Å². The summed E-state index contributed by atoms with van der Waals surface area (Å²) in [6.07, 6.45) is 2.15. The van der Waals surface area contributed by atoms with Crippen LogP contribution in [0.25, 0.3) is 11.0 Å². The molecule has 10 nitrogen and oxygen atoms in total. The van der Waals surface area contributed by atoms with Crippen LogP contribution >= 0.6 is 0 Å². The lowest BCUT2D eigenvalue weighted by molar-refractivity contribution is -0.385. The summed E-state index contributed by atoms with van der Waals surface area (Å²) in [6, 6.07) is 3.85. The molecule has 2 heterocycles. The molecule has 0 spiro atoms. The molecular weight excluding hydrogens is 432 g/mol. The Morgan fingerprint density at radius 1 is 1.16 bits per heavy atom. The summed E-state index contributed by atoms with van der Waals surface area (Å²) in [6.45, 7) is 0. The molecule has 0 aliphatic heterocycles. The molecule has 1 fully saturated rings. The monoisotopic (exact) mass is 447 g/mol. The van der Waals surface area contributed by atoms with Crippen LogP contribution < -0.4 is 14.2 Å². The highest BCUT2D eigenvalue weighted by Gasteiger charge is 2.55. The zero-order valence-corrected chi connectivity index (χ0v) is 16.8. The van der Waals surface area contributed by atoms with Crippen molar-refractivity contribution in [2.45, 2.75) is 18.4 Å². The predicted octanol–water partition coefficient (Wildman–Crippen LogP) is 3.70. The number of methoxy groups -OCH3 is 2. The zero-order valence-electron chi connectivity index (χ0n) is 16.8. The van der Waals surface area contributed by atoms with Crippen LogP contribution in [0.2, 0.25) is 0 Å². The first-order chi connectivity index (χ1) is 15.3. The van der Waals surface area contributed by atoms with Gasteiger partial charge in [0.2, 0.25) is 5.60 Å². The van der Waals surface area contributed by atoms with Gasteiger partial charge in [0, 0.05) is 31.2 Å². The van der Waals surface area contributed by atoms with E-state index in [1.165, 1.54) is 32.5 Å². The maximum atomic E-state index is 14.3. The van der Waals surface area contributed by atoms with Gasteiger partial charge in [-0.1, -0.05) is 0 Å². The van der Waals surface area contributed by atoms with E-state index in [-0.39, 0.29) is 28.4 Å². The molecule has 0 unspecified atom stereocenters. The summed E-state index contributed by atoms with van der Waals surface area (Å²) in [4.78, 5) is 30.3. The quantitative estimate of drug-likeness (QED) is 0.303. The minimum absolute atomic E-state index is 0.0566. The first-order valence-electron chi connectivity index (χ1n) is 9.20. The number of hydrogen-bond donors (Lipinski definition) is 0. The highest BCUT2D eigenvalue weighted by atomic mass is 19.1. The number of nitro groups is 1. The number of pyridine rings is 2. The fourth-order valence-corrected chi connectivity index (χ4v) is 3.01. The van der Waals surface area contributed by atoms with Gasteiger partial charge in [0.1, 0.15) is 5.52 Å². The fraction of sp³-hybridized carbons (Fsp3) is 0.250. The molecule has 0 saturated heterocycles. The lowest BCUT2D eigenvalue weighted by atomic mass is 10.2. The summed E-state index contributed by atoms with van der Waals surface area (Å²) in [5.74, 6) is -3.95. The number of nitrogens with zero attached hydrogens (tertiary/aromatic N) is 3. The van der Waals surface area contributed by atoms with E-state index in [4.69, 9.17) is 18.9 Å². The van der Waals surface area contributed by atoms with Crippen molar-refractivity contribution < 1.29 is 37.4 Å². The second kappa shape index (κ2) is 7.87. The van der Waals surface area contributed by atoms with Gasteiger partial charge in [0.05, 0.1) is 36.8 Å². The molecule has 1 aliphatic rings. The van der Waals surface area contributed by atoms with E-state index in [0.717, 1.165) is 0 Å².